The monoisotopic (exact) mass is 237 g/mol. The zero-order chi connectivity index (χ0) is 11.0. The van der Waals surface area contributed by atoms with Crippen LogP contribution in [0.2, 0.25) is 0 Å². The molecule has 1 aliphatic carbocycles. The molecule has 0 bridgehead atoms. The molecule has 0 saturated heterocycles. The van der Waals surface area contributed by atoms with Gasteiger partial charge < -0.3 is 10.1 Å². The highest BCUT2D eigenvalue weighted by atomic mass is 32.1. The molecule has 1 aliphatic heterocycles. The average molecular weight is 237 g/mol. The van der Waals surface area contributed by atoms with E-state index in [1.807, 2.05) is 18.4 Å². The number of fused-ring (bicyclic) bond motifs is 2. The third-order valence-electron chi connectivity index (χ3n) is 4.12. The van der Waals surface area contributed by atoms with Crippen LogP contribution in [0.5, 0.6) is 0 Å². The minimum absolute atomic E-state index is 0.229. The number of ether oxygens (including phenoxy) is 1. The average Bonchev–Trinajstić information content (AvgIpc) is 2.79. The van der Waals surface area contributed by atoms with Crippen LogP contribution in [0.3, 0.4) is 0 Å². The van der Waals surface area contributed by atoms with Crippen LogP contribution in [-0.4, -0.2) is 19.8 Å². The number of rotatable bonds is 1. The van der Waals surface area contributed by atoms with E-state index < -0.39 is 0 Å². The second kappa shape index (κ2) is 4.13. The molecule has 1 spiro atoms. The number of hydrogen-bond acceptors (Lipinski definition) is 3. The summed E-state index contributed by atoms with van der Waals surface area (Å²) < 4.78 is 5.57. The van der Waals surface area contributed by atoms with E-state index in [0.717, 1.165) is 13.0 Å². The zero-order valence-electron chi connectivity index (χ0n) is 9.79. The van der Waals surface area contributed by atoms with E-state index in [2.05, 4.69) is 16.8 Å². The molecule has 1 saturated carbocycles. The SMILES string of the molecule is COC1CCCC2(C1)NCCc1sccc12. The Morgan fingerprint density at radius 2 is 2.50 bits per heavy atom. The quantitative estimate of drug-likeness (QED) is 0.811. The third kappa shape index (κ3) is 1.62. The minimum Gasteiger partial charge on any atom is -0.381 e. The largest absolute Gasteiger partial charge is 0.381 e. The van der Waals surface area contributed by atoms with E-state index in [4.69, 9.17) is 4.74 Å². The van der Waals surface area contributed by atoms with Crippen LogP contribution in [0.15, 0.2) is 11.4 Å². The van der Waals surface area contributed by atoms with Crippen molar-refractivity contribution in [1.82, 2.24) is 5.32 Å². The maximum atomic E-state index is 5.57. The fraction of sp³-hybridized carbons (Fsp3) is 0.692. The van der Waals surface area contributed by atoms with Crippen LogP contribution in [0.25, 0.3) is 0 Å². The molecule has 16 heavy (non-hydrogen) atoms. The molecule has 1 N–H and O–H groups in total. The molecule has 1 aromatic heterocycles. The molecule has 0 amide bonds. The fourth-order valence-corrected chi connectivity index (χ4v) is 4.28. The summed E-state index contributed by atoms with van der Waals surface area (Å²) >= 11 is 1.92. The number of methoxy groups -OCH3 is 1. The van der Waals surface area contributed by atoms with Gasteiger partial charge in [-0.1, -0.05) is 0 Å². The molecule has 1 fully saturated rings. The third-order valence-corrected chi connectivity index (χ3v) is 5.10. The molecule has 88 valence electrons. The molecule has 2 heterocycles. The van der Waals surface area contributed by atoms with Crippen LogP contribution in [-0.2, 0) is 16.7 Å². The lowest BCUT2D eigenvalue weighted by molar-refractivity contribution is 0.0275. The van der Waals surface area contributed by atoms with Crippen molar-refractivity contribution in [3.63, 3.8) is 0 Å². The lowest BCUT2D eigenvalue weighted by Gasteiger charge is -2.44. The molecule has 2 aliphatic rings. The highest BCUT2D eigenvalue weighted by Crippen LogP contribution is 2.43. The molecular weight excluding hydrogens is 218 g/mol. The first-order chi connectivity index (χ1) is 7.84. The summed E-state index contributed by atoms with van der Waals surface area (Å²) in [6, 6.07) is 2.32. The van der Waals surface area contributed by atoms with Gasteiger partial charge in [0.25, 0.3) is 0 Å². The maximum absolute atomic E-state index is 5.57. The van der Waals surface area contributed by atoms with Crippen molar-refractivity contribution in [2.45, 2.75) is 43.7 Å². The molecule has 1 aromatic rings. The Morgan fingerprint density at radius 3 is 3.38 bits per heavy atom. The molecule has 2 nitrogen and oxygen atoms in total. The topological polar surface area (TPSA) is 21.3 Å². The van der Waals surface area contributed by atoms with E-state index in [0.29, 0.717) is 6.10 Å². The van der Waals surface area contributed by atoms with Crippen molar-refractivity contribution < 1.29 is 4.74 Å². The summed E-state index contributed by atoms with van der Waals surface area (Å²) in [7, 11) is 1.85. The molecule has 2 atom stereocenters. The molecule has 3 rings (SSSR count). The summed E-state index contributed by atoms with van der Waals surface area (Å²) in [4.78, 5) is 1.59. The van der Waals surface area contributed by atoms with Crippen LogP contribution in [0.1, 0.15) is 36.1 Å². The van der Waals surface area contributed by atoms with Crippen LogP contribution in [0.4, 0.5) is 0 Å². The van der Waals surface area contributed by atoms with Gasteiger partial charge in [-0.15, -0.1) is 11.3 Å². The molecular formula is C13H19NOS. The number of hydrogen-bond donors (Lipinski definition) is 1. The standard InChI is InChI=1S/C13H19NOS/c1-15-10-3-2-6-13(9-10)11-5-8-16-12(11)4-7-14-13/h5,8,10,14H,2-4,6-7,9H2,1H3. The highest BCUT2D eigenvalue weighted by molar-refractivity contribution is 7.10. The van der Waals surface area contributed by atoms with E-state index in [1.165, 1.54) is 25.7 Å². The van der Waals surface area contributed by atoms with Gasteiger partial charge in [0.15, 0.2) is 0 Å². The van der Waals surface area contributed by atoms with E-state index in [1.54, 1.807) is 10.4 Å². The van der Waals surface area contributed by atoms with Gasteiger partial charge in [-0.05, 0) is 49.1 Å². The van der Waals surface area contributed by atoms with Gasteiger partial charge in [0.05, 0.1) is 6.10 Å². The predicted molar refractivity (Wildman–Crippen MR) is 67.0 cm³/mol. The summed E-state index contributed by atoms with van der Waals surface area (Å²) in [5.74, 6) is 0. The van der Waals surface area contributed by atoms with Crippen molar-refractivity contribution in [2.24, 2.45) is 0 Å². The summed E-state index contributed by atoms with van der Waals surface area (Å²) in [6.07, 6.45) is 6.56. The Labute approximate surface area is 101 Å². The summed E-state index contributed by atoms with van der Waals surface area (Å²) in [5, 5.41) is 6.01. The molecule has 2 unspecified atom stereocenters. The summed E-state index contributed by atoms with van der Waals surface area (Å²) in [6.45, 7) is 1.13. The van der Waals surface area contributed by atoms with Crippen LogP contribution >= 0.6 is 11.3 Å². The van der Waals surface area contributed by atoms with Crippen molar-refractivity contribution in [3.8, 4) is 0 Å². The number of nitrogens with one attached hydrogen (secondary N) is 1. The first-order valence-electron chi connectivity index (χ1n) is 6.19. The Bertz CT molecular complexity index is 376. The Balaban J connectivity index is 1.94. The first-order valence-corrected chi connectivity index (χ1v) is 7.07. The molecule has 3 heteroatoms. The summed E-state index contributed by atoms with van der Waals surface area (Å²) in [5.41, 5.74) is 1.79. The lowest BCUT2D eigenvalue weighted by Crippen LogP contribution is -2.50. The fourth-order valence-electron chi connectivity index (χ4n) is 3.30. The highest BCUT2D eigenvalue weighted by Gasteiger charge is 2.41. The van der Waals surface area contributed by atoms with E-state index in [-0.39, 0.29) is 5.54 Å². The predicted octanol–water partition coefficient (Wildman–Crippen LogP) is 2.68. The van der Waals surface area contributed by atoms with Gasteiger partial charge >= 0.3 is 0 Å². The lowest BCUT2D eigenvalue weighted by atomic mass is 9.73. The van der Waals surface area contributed by atoms with Crippen molar-refractivity contribution in [3.05, 3.63) is 21.9 Å². The van der Waals surface area contributed by atoms with Crippen molar-refractivity contribution in [2.75, 3.05) is 13.7 Å². The number of thiophene rings is 1. The van der Waals surface area contributed by atoms with Gasteiger partial charge in [0, 0.05) is 24.1 Å². The Kier molecular flexibility index (Phi) is 2.78. The van der Waals surface area contributed by atoms with Crippen molar-refractivity contribution >= 4 is 11.3 Å². The first kappa shape index (κ1) is 10.8. The van der Waals surface area contributed by atoms with E-state index >= 15 is 0 Å². The van der Waals surface area contributed by atoms with Gasteiger partial charge in [-0.25, -0.2) is 0 Å². The van der Waals surface area contributed by atoms with Crippen LogP contribution in [0, 0.1) is 0 Å². The van der Waals surface area contributed by atoms with Gasteiger partial charge in [-0.3, -0.25) is 0 Å². The second-order valence-corrected chi connectivity index (χ2v) is 5.97. The minimum atomic E-state index is 0.229. The van der Waals surface area contributed by atoms with Gasteiger partial charge in [0.1, 0.15) is 0 Å². The molecule has 0 radical (unpaired) electrons. The van der Waals surface area contributed by atoms with Crippen LogP contribution < -0.4 is 5.32 Å². The van der Waals surface area contributed by atoms with Crippen molar-refractivity contribution in [1.29, 1.82) is 0 Å². The Morgan fingerprint density at radius 1 is 1.56 bits per heavy atom. The van der Waals surface area contributed by atoms with Gasteiger partial charge in [-0.2, -0.15) is 0 Å². The Hall–Kier alpha value is -0.380. The molecule has 0 aromatic carbocycles. The maximum Gasteiger partial charge on any atom is 0.0592 e. The van der Waals surface area contributed by atoms with E-state index in [9.17, 15) is 0 Å². The normalized spacial score (nSPS) is 33.9. The second-order valence-electron chi connectivity index (χ2n) is 4.97. The smallest absolute Gasteiger partial charge is 0.0592 e. The van der Waals surface area contributed by atoms with Gasteiger partial charge in [0.2, 0.25) is 0 Å². The zero-order valence-corrected chi connectivity index (χ0v) is 10.6.